The van der Waals surface area contributed by atoms with Gasteiger partial charge in [0.2, 0.25) is 9.70 Å². The van der Waals surface area contributed by atoms with Crippen molar-refractivity contribution in [1.29, 1.82) is 0 Å². The van der Waals surface area contributed by atoms with Crippen LogP contribution in [0.3, 0.4) is 0 Å². The number of alkyl halides is 3. The minimum Gasteiger partial charge on any atom is -0.439 e. The third-order valence-electron chi connectivity index (χ3n) is 6.51. The van der Waals surface area contributed by atoms with E-state index in [0.29, 0.717) is 0 Å². The first-order valence-electron chi connectivity index (χ1n) is 11.4. The molecule has 1 aliphatic carbocycles. The topological polar surface area (TPSA) is 83.2 Å². The molecule has 1 heterocycles. The van der Waals surface area contributed by atoms with Gasteiger partial charge in [-0.3, -0.25) is 4.79 Å². The molecule has 2 aromatic carbocycles. The maximum absolute atomic E-state index is 13.7. The molecule has 0 fully saturated rings. The summed E-state index contributed by atoms with van der Waals surface area (Å²) in [5.41, 5.74) is 1.50. The van der Waals surface area contributed by atoms with E-state index in [2.05, 4.69) is 27.8 Å². The number of aromatic nitrogens is 1. The van der Waals surface area contributed by atoms with Crippen LogP contribution in [0.1, 0.15) is 37.5 Å². The average Bonchev–Trinajstić information content (AvgIpc) is 3.36. The van der Waals surface area contributed by atoms with Gasteiger partial charge in [0.1, 0.15) is 5.54 Å². The summed E-state index contributed by atoms with van der Waals surface area (Å²) in [4.78, 5) is 29.8. The lowest BCUT2D eigenvalue weighted by Crippen LogP contribution is -2.61. The Balaban J connectivity index is 1.57. The van der Waals surface area contributed by atoms with Gasteiger partial charge in [-0.15, -0.1) is 0 Å². The zero-order chi connectivity index (χ0) is 25.4. The molecule has 3 N–H and O–H groups in total. The second kappa shape index (κ2) is 9.57. The van der Waals surface area contributed by atoms with E-state index in [4.69, 9.17) is 39.5 Å². The molecule has 1 unspecified atom stereocenters. The normalized spacial score (nSPS) is 15.9. The molecule has 4 rings (SSSR count). The summed E-state index contributed by atoms with van der Waals surface area (Å²) in [6, 6.07) is 15.8. The molecule has 2 amide bonds. The number of H-pyrrole nitrogens is 1. The van der Waals surface area contributed by atoms with Crippen LogP contribution in [0.4, 0.5) is 4.79 Å². The first kappa shape index (κ1) is 25.7. The number of nitrogens with one attached hydrogen (secondary N) is 3. The zero-order valence-corrected chi connectivity index (χ0v) is 22.0. The van der Waals surface area contributed by atoms with E-state index in [1.165, 1.54) is 25.0 Å². The molecule has 0 radical (unpaired) electrons. The number of ether oxygens (including phenoxy) is 1. The van der Waals surface area contributed by atoms with Crippen LogP contribution in [-0.4, -0.2) is 38.0 Å². The van der Waals surface area contributed by atoms with Crippen molar-refractivity contribution in [2.24, 2.45) is 0 Å². The highest BCUT2D eigenvalue weighted by Gasteiger charge is 2.46. The number of para-hydroxylation sites is 1. The van der Waals surface area contributed by atoms with Gasteiger partial charge in [-0.1, -0.05) is 77.3 Å². The van der Waals surface area contributed by atoms with E-state index >= 15 is 0 Å². The Hall–Kier alpha value is -2.41. The molecule has 1 aliphatic rings. The molecule has 0 spiro atoms. The Bertz CT molecular complexity index is 1230. The SMILES string of the molecule is CC(Cc1c[nH]c2ccccc12)(NC(=O)OC(C)(C)C(Cl)(Cl)Cl)C(=O)NC1Cc2ccccc2C1. The Morgan fingerprint density at radius 3 is 2.23 bits per heavy atom. The number of amides is 2. The smallest absolute Gasteiger partial charge is 0.408 e. The quantitative estimate of drug-likeness (QED) is 0.357. The fraction of sp³-hybridized carbons (Fsp3) is 0.385. The van der Waals surface area contributed by atoms with Gasteiger partial charge in [-0.05, 0) is 56.4 Å². The molecule has 1 aromatic heterocycles. The number of alkyl carbamates (subject to hydrolysis) is 1. The van der Waals surface area contributed by atoms with Crippen molar-refractivity contribution in [2.45, 2.75) is 61.0 Å². The number of hydrogen-bond acceptors (Lipinski definition) is 3. The summed E-state index contributed by atoms with van der Waals surface area (Å²) in [5, 5.41) is 6.85. The number of fused-ring (bicyclic) bond motifs is 2. The fourth-order valence-corrected chi connectivity index (χ4v) is 4.50. The molecule has 0 saturated heterocycles. The molecule has 9 heteroatoms. The van der Waals surface area contributed by atoms with Gasteiger partial charge in [-0.25, -0.2) is 4.79 Å². The largest absolute Gasteiger partial charge is 0.439 e. The van der Waals surface area contributed by atoms with Crippen LogP contribution < -0.4 is 10.6 Å². The van der Waals surface area contributed by atoms with Crippen LogP contribution in [0.2, 0.25) is 0 Å². The van der Waals surface area contributed by atoms with Crippen LogP contribution in [0.5, 0.6) is 0 Å². The first-order valence-corrected chi connectivity index (χ1v) is 12.5. The summed E-state index contributed by atoms with van der Waals surface area (Å²) >= 11 is 17.9. The predicted octanol–water partition coefficient (Wildman–Crippen LogP) is 5.63. The van der Waals surface area contributed by atoms with Crippen LogP contribution in [0, 0.1) is 0 Å². The Morgan fingerprint density at radius 2 is 1.60 bits per heavy atom. The fourth-order valence-electron chi connectivity index (χ4n) is 4.39. The number of rotatable bonds is 6. The lowest BCUT2D eigenvalue weighted by molar-refractivity contribution is -0.127. The molecule has 0 aliphatic heterocycles. The summed E-state index contributed by atoms with van der Waals surface area (Å²) in [7, 11) is 0. The molecule has 1 atom stereocenters. The van der Waals surface area contributed by atoms with Gasteiger partial charge in [0.05, 0.1) is 0 Å². The van der Waals surface area contributed by atoms with Crippen molar-refractivity contribution in [3.05, 3.63) is 71.4 Å². The molecule has 0 saturated carbocycles. The number of halogens is 3. The molecular weight excluding hydrogens is 509 g/mol. The summed E-state index contributed by atoms with van der Waals surface area (Å²) in [5.74, 6) is -0.316. The Labute approximate surface area is 219 Å². The van der Waals surface area contributed by atoms with Crippen molar-refractivity contribution in [3.8, 4) is 0 Å². The van der Waals surface area contributed by atoms with E-state index in [1.807, 2.05) is 42.6 Å². The van der Waals surface area contributed by atoms with Crippen molar-refractivity contribution >= 4 is 57.7 Å². The third kappa shape index (κ3) is 5.55. The predicted molar refractivity (Wildman–Crippen MR) is 140 cm³/mol. The highest BCUT2D eigenvalue weighted by molar-refractivity contribution is 6.68. The lowest BCUT2D eigenvalue weighted by Gasteiger charge is -2.35. The van der Waals surface area contributed by atoms with Gasteiger partial charge >= 0.3 is 6.09 Å². The van der Waals surface area contributed by atoms with Crippen LogP contribution in [-0.2, 0) is 28.8 Å². The summed E-state index contributed by atoms with van der Waals surface area (Å²) in [6.07, 6.45) is 2.69. The Kier molecular flexibility index (Phi) is 7.02. The zero-order valence-electron chi connectivity index (χ0n) is 19.8. The van der Waals surface area contributed by atoms with E-state index in [0.717, 1.165) is 29.3 Å². The van der Waals surface area contributed by atoms with Gasteiger partial charge in [0.15, 0.2) is 5.60 Å². The first-order chi connectivity index (χ1) is 16.4. The molecule has 3 aromatic rings. The molecule has 186 valence electrons. The highest BCUT2D eigenvalue weighted by Crippen LogP contribution is 2.40. The number of carbonyl (C=O) groups is 2. The molecule has 35 heavy (non-hydrogen) atoms. The van der Waals surface area contributed by atoms with Crippen LogP contribution in [0.15, 0.2) is 54.7 Å². The Morgan fingerprint density at radius 1 is 1.00 bits per heavy atom. The van der Waals surface area contributed by atoms with Crippen LogP contribution in [0.25, 0.3) is 10.9 Å². The maximum atomic E-state index is 13.7. The van der Waals surface area contributed by atoms with Crippen molar-refractivity contribution in [3.63, 3.8) is 0 Å². The minimum atomic E-state index is -1.85. The lowest BCUT2D eigenvalue weighted by atomic mass is 9.91. The van der Waals surface area contributed by atoms with E-state index in [9.17, 15) is 9.59 Å². The van der Waals surface area contributed by atoms with Gasteiger partial charge in [-0.2, -0.15) is 0 Å². The molecular formula is C26H28Cl3N3O3. The standard InChI is InChI=1S/C26H28Cl3N3O3/c1-24(2,26(27,28)29)35-23(34)32-25(3,14-18-15-30-21-11-7-6-10-20(18)21)22(33)31-19-12-16-8-4-5-9-17(16)13-19/h4-11,15,19,30H,12-14H2,1-3H3,(H,31,33)(H,32,34). The van der Waals surface area contributed by atoms with Gasteiger partial charge < -0.3 is 20.4 Å². The van der Waals surface area contributed by atoms with Crippen molar-refractivity contribution in [1.82, 2.24) is 15.6 Å². The highest BCUT2D eigenvalue weighted by atomic mass is 35.6. The van der Waals surface area contributed by atoms with Crippen LogP contribution >= 0.6 is 34.8 Å². The van der Waals surface area contributed by atoms with Crippen molar-refractivity contribution in [2.75, 3.05) is 0 Å². The second-order valence-corrected chi connectivity index (χ2v) is 12.0. The molecule has 6 nitrogen and oxygen atoms in total. The number of carbonyl (C=O) groups excluding carboxylic acids is 2. The van der Waals surface area contributed by atoms with Gasteiger partial charge in [0.25, 0.3) is 0 Å². The van der Waals surface area contributed by atoms with E-state index in [-0.39, 0.29) is 18.4 Å². The summed E-state index contributed by atoms with van der Waals surface area (Å²) in [6.45, 7) is 4.66. The van der Waals surface area contributed by atoms with Gasteiger partial charge in [0, 0.05) is 29.6 Å². The number of hydrogen-bond donors (Lipinski definition) is 3. The summed E-state index contributed by atoms with van der Waals surface area (Å²) < 4.78 is 3.59. The minimum absolute atomic E-state index is 0.0716. The van der Waals surface area contributed by atoms with Crippen molar-refractivity contribution < 1.29 is 14.3 Å². The average molecular weight is 537 g/mol. The number of benzene rings is 2. The maximum Gasteiger partial charge on any atom is 0.408 e. The third-order valence-corrected chi connectivity index (χ3v) is 7.88. The second-order valence-electron chi connectivity index (χ2n) is 9.74. The van der Waals surface area contributed by atoms with E-state index < -0.39 is 21.0 Å². The van der Waals surface area contributed by atoms with E-state index in [1.54, 1.807) is 6.92 Å². The number of aromatic amines is 1. The molecule has 0 bridgehead atoms. The monoisotopic (exact) mass is 535 g/mol.